The van der Waals surface area contributed by atoms with E-state index in [9.17, 15) is 0 Å². The van der Waals surface area contributed by atoms with Gasteiger partial charge in [0.1, 0.15) is 5.75 Å². The van der Waals surface area contributed by atoms with Crippen LogP contribution in [0.25, 0.3) is 0 Å². The molecule has 0 radical (unpaired) electrons. The summed E-state index contributed by atoms with van der Waals surface area (Å²) < 4.78 is 5.04. The Bertz CT molecular complexity index is 205. The van der Waals surface area contributed by atoms with Crippen LogP contribution in [0.4, 0.5) is 0 Å². The van der Waals surface area contributed by atoms with E-state index in [0.717, 1.165) is 11.4 Å². The minimum absolute atomic E-state index is 0.00458. The average molecular weight is 140 g/mol. The zero-order valence-electron chi connectivity index (χ0n) is 6.22. The van der Waals surface area contributed by atoms with Gasteiger partial charge in [0.2, 0.25) is 0 Å². The van der Waals surface area contributed by atoms with E-state index in [0.29, 0.717) is 0 Å². The first-order valence-corrected chi connectivity index (χ1v) is 3.22. The van der Waals surface area contributed by atoms with Crippen LogP contribution in [0.5, 0.6) is 5.75 Å². The zero-order chi connectivity index (χ0) is 7.56. The third-order valence-corrected chi connectivity index (χ3v) is 1.41. The Morgan fingerprint density at radius 3 is 2.80 bits per heavy atom. The maximum atomic E-state index is 5.62. The summed E-state index contributed by atoms with van der Waals surface area (Å²) in [7, 11) is 1.63. The van der Waals surface area contributed by atoms with Crippen LogP contribution < -0.4 is 10.5 Å². The van der Waals surface area contributed by atoms with Crippen LogP contribution >= 0.6 is 0 Å². The van der Waals surface area contributed by atoms with Gasteiger partial charge in [-0.05, 0) is 13.0 Å². The average Bonchev–Trinajstić information content (AvgIpc) is 2.33. The molecule has 0 fully saturated rings. The van der Waals surface area contributed by atoms with Gasteiger partial charge in [-0.15, -0.1) is 0 Å². The first kappa shape index (κ1) is 7.15. The molecule has 3 N–H and O–H groups in total. The van der Waals surface area contributed by atoms with E-state index >= 15 is 0 Å². The Hall–Kier alpha value is -0.960. The Balaban J connectivity index is 2.90. The Kier molecular flexibility index (Phi) is 1.97. The van der Waals surface area contributed by atoms with Crippen molar-refractivity contribution in [3.8, 4) is 5.75 Å². The van der Waals surface area contributed by atoms with E-state index in [1.54, 1.807) is 7.11 Å². The van der Waals surface area contributed by atoms with Gasteiger partial charge in [0, 0.05) is 12.2 Å². The third kappa shape index (κ3) is 1.14. The summed E-state index contributed by atoms with van der Waals surface area (Å²) >= 11 is 0. The van der Waals surface area contributed by atoms with Crippen molar-refractivity contribution in [2.75, 3.05) is 7.11 Å². The fourth-order valence-corrected chi connectivity index (χ4v) is 0.902. The maximum absolute atomic E-state index is 5.62. The topological polar surface area (TPSA) is 51.0 Å². The van der Waals surface area contributed by atoms with Gasteiger partial charge in [0.15, 0.2) is 0 Å². The van der Waals surface area contributed by atoms with Gasteiger partial charge in [-0.1, -0.05) is 0 Å². The van der Waals surface area contributed by atoms with Crippen molar-refractivity contribution in [2.24, 2.45) is 5.73 Å². The van der Waals surface area contributed by atoms with E-state index < -0.39 is 0 Å². The number of aromatic nitrogens is 1. The van der Waals surface area contributed by atoms with E-state index in [4.69, 9.17) is 10.5 Å². The minimum atomic E-state index is 0.00458. The number of hydrogen-bond donors (Lipinski definition) is 2. The lowest BCUT2D eigenvalue weighted by atomic mass is 10.2. The van der Waals surface area contributed by atoms with Crippen molar-refractivity contribution in [2.45, 2.75) is 13.0 Å². The highest BCUT2D eigenvalue weighted by Gasteiger charge is 2.06. The largest absolute Gasteiger partial charge is 0.495 e. The first-order chi connectivity index (χ1) is 4.75. The molecule has 1 heterocycles. The van der Waals surface area contributed by atoms with Gasteiger partial charge >= 0.3 is 0 Å². The number of nitrogens with one attached hydrogen (secondary N) is 1. The van der Waals surface area contributed by atoms with Gasteiger partial charge < -0.3 is 15.5 Å². The lowest BCUT2D eigenvalue weighted by Crippen LogP contribution is -2.06. The summed E-state index contributed by atoms with van der Waals surface area (Å²) in [4.78, 5) is 3.01. The molecule has 10 heavy (non-hydrogen) atoms. The number of aromatic amines is 1. The minimum Gasteiger partial charge on any atom is -0.495 e. The summed E-state index contributed by atoms with van der Waals surface area (Å²) in [5.41, 5.74) is 6.57. The number of methoxy groups -OCH3 is 1. The van der Waals surface area contributed by atoms with Gasteiger partial charge in [-0.3, -0.25) is 0 Å². The second kappa shape index (κ2) is 2.75. The number of nitrogens with two attached hydrogens (primary N) is 1. The molecule has 0 spiro atoms. The molecule has 0 unspecified atom stereocenters. The molecule has 3 heteroatoms. The molecule has 0 aromatic carbocycles. The summed E-state index contributed by atoms with van der Waals surface area (Å²) in [6.45, 7) is 1.91. The van der Waals surface area contributed by atoms with E-state index in [1.807, 2.05) is 19.2 Å². The second-order valence-electron chi connectivity index (χ2n) is 2.25. The Morgan fingerprint density at radius 2 is 2.40 bits per heavy atom. The van der Waals surface area contributed by atoms with E-state index in [2.05, 4.69) is 4.98 Å². The highest BCUT2D eigenvalue weighted by Crippen LogP contribution is 2.20. The molecular weight excluding hydrogens is 128 g/mol. The number of ether oxygens (including phenoxy) is 1. The summed E-state index contributed by atoms with van der Waals surface area (Å²) in [5, 5.41) is 0. The molecule has 1 aromatic rings. The summed E-state index contributed by atoms with van der Waals surface area (Å²) in [6.07, 6.45) is 1.82. The van der Waals surface area contributed by atoms with Crippen molar-refractivity contribution < 1.29 is 4.74 Å². The van der Waals surface area contributed by atoms with Crippen LogP contribution in [0.2, 0.25) is 0 Å². The molecule has 1 rings (SSSR count). The zero-order valence-corrected chi connectivity index (χ0v) is 6.22. The standard InChI is InChI=1S/C7H12N2O/c1-5(8)7-6(10-2)3-4-9-7/h3-5,9H,8H2,1-2H3/t5-/m0/s1. The van der Waals surface area contributed by atoms with Crippen LogP contribution in [0, 0.1) is 0 Å². The van der Waals surface area contributed by atoms with Crippen LogP contribution in [0.15, 0.2) is 12.3 Å². The molecule has 0 aliphatic carbocycles. The molecule has 1 atom stereocenters. The SMILES string of the molecule is COc1cc[nH]c1[C@H](C)N. The molecule has 56 valence electrons. The van der Waals surface area contributed by atoms with Crippen molar-refractivity contribution in [3.63, 3.8) is 0 Å². The normalized spacial score (nSPS) is 13.1. The maximum Gasteiger partial charge on any atom is 0.141 e. The van der Waals surface area contributed by atoms with Crippen molar-refractivity contribution in [1.82, 2.24) is 4.98 Å². The highest BCUT2D eigenvalue weighted by atomic mass is 16.5. The van der Waals surface area contributed by atoms with E-state index in [1.165, 1.54) is 0 Å². The van der Waals surface area contributed by atoms with Crippen LogP contribution in [-0.4, -0.2) is 12.1 Å². The molecule has 1 aromatic heterocycles. The van der Waals surface area contributed by atoms with E-state index in [-0.39, 0.29) is 6.04 Å². The molecule has 0 aliphatic rings. The predicted octanol–water partition coefficient (Wildman–Crippen LogP) is 1.04. The lowest BCUT2D eigenvalue weighted by molar-refractivity contribution is 0.407. The van der Waals surface area contributed by atoms with Gasteiger partial charge in [-0.25, -0.2) is 0 Å². The molecule has 0 aliphatic heterocycles. The van der Waals surface area contributed by atoms with Crippen LogP contribution in [0.3, 0.4) is 0 Å². The molecule has 0 saturated heterocycles. The number of H-pyrrole nitrogens is 1. The fraction of sp³-hybridized carbons (Fsp3) is 0.429. The molecule has 0 amide bonds. The first-order valence-electron chi connectivity index (χ1n) is 3.22. The molecular formula is C7H12N2O. The molecule has 3 nitrogen and oxygen atoms in total. The molecule has 0 saturated carbocycles. The summed E-state index contributed by atoms with van der Waals surface area (Å²) in [5.74, 6) is 0.829. The van der Waals surface area contributed by atoms with Gasteiger partial charge in [-0.2, -0.15) is 0 Å². The quantitative estimate of drug-likeness (QED) is 0.645. The smallest absolute Gasteiger partial charge is 0.141 e. The van der Waals surface area contributed by atoms with Crippen molar-refractivity contribution in [1.29, 1.82) is 0 Å². The third-order valence-electron chi connectivity index (χ3n) is 1.41. The molecule has 0 bridgehead atoms. The Morgan fingerprint density at radius 1 is 1.70 bits per heavy atom. The number of rotatable bonds is 2. The lowest BCUT2D eigenvalue weighted by Gasteiger charge is -2.04. The van der Waals surface area contributed by atoms with Gasteiger partial charge in [0.25, 0.3) is 0 Å². The van der Waals surface area contributed by atoms with Crippen molar-refractivity contribution in [3.05, 3.63) is 18.0 Å². The highest BCUT2D eigenvalue weighted by molar-refractivity contribution is 5.29. The van der Waals surface area contributed by atoms with Crippen LogP contribution in [-0.2, 0) is 0 Å². The van der Waals surface area contributed by atoms with Gasteiger partial charge in [0.05, 0.1) is 12.8 Å². The second-order valence-corrected chi connectivity index (χ2v) is 2.25. The van der Waals surface area contributed by atoms with Crippen molar-refractivity contribution >= 4 is 0 Å². The summed E-state index contributed by atoms with van der Waals surface area (Å²) in [6, 6.07) is 1.86. The monoisotopic (exact) mass is 140 g/mol. The number of hydrogen-bond acceptors (Lipinski definition) is 2. The Labute approximate surface area is 60.2 Å². The fourth-order valence-electron chi connectivity index (χ4n) is 0.902. The van der Waals surface area contributed by atoms with Crippen LogP contribution in [0.1, 0.15) is 18.7 Å². The predicted molar refractivity (Wildman–Crippen MR) is 39.9 cm³/mol.